The molecule has 1 heterocycles. The minimum Gasteiger partial charge on any atom is -0.361 e. The highest BCUT2D eigenvalue weighted by atomic mass is 16.2. The number of anilines is 1. The number of hydrogen-bond donors (Lipinski definition) is 1. The summed E-state index contributed by atoms with van der Waals surface area (Å²) in [7, 11) is 0. The number of aryl methyl sites for hydroxylation is 1. The SMILES string of the molecule is Cc1ccc([C@H]2Nc3ccccc3C(=O)N2C2CC2)cc1. The van der Waals surface area contributed by atoms with E-state index in [0.29, 0.717) is 6.04 Å². The molecule has 3 heteroatoms. The number of hydrogen-bond acceptors (Lipinski definition) is 2. The van der Waals surface area contributed by atoms with Gasteiger partial charge in [-0.05, 0) is 37.5 Å². The maximum atomic E-state index is 12.8. The average Bonchev–Trinajstić information content (AvgIpc) is 3.32. The summed E-state index contributed by atoms with van der Waals surface area (Å²) in [5.74, 6) is 0.150. The molecule has 1 saturated carbocycles. The van der Waals surface area contributed by atoms with Gasteiger partial charge in [-0.25, -0.2) is 0 Å². The van der Waals surface area contributed by atoms with Crippen molar-refractivity contribution in [1.82, 2.24) is 4.90 Å². The van der Waals surface area contributed by atoms with Crippen molar-refractivity contribution in [3.8, 4) is 0 Å². The number of para-hydroxylation sites is 1. The molecular weight excluding hydrogens is 260 g/mol. The minimum absolute atomic E-state index is 0.0551. The molecule has 1 fully saturated rings. The highest BCUT2D eigenvalue weighted by molar-refractivity contribution is 6.02. The molecular formula is C18H18N2O. The number of nitrogens with zero attached hydrogens (tertiary/aromatic N) is 1. The van der Waals surface area contributed by atoms with Crippen LogP contribution in [-0.2, 0) is 0 Å². The van der Waals surface area contributed by atoms with Crippen molar-refractivity contribution in [2.45, 2.75) is 32.0 Å². The molecule has 2 aromatic rings. The number of rotatable bonds is 2. The molecule has 1 N–H and O–H groups in total. The third-order valence-corrected chi connectivity index (χ3v) is 4.30. The zero-order chi connectivity index (χ0) is 14.4. The molecule has 3 nitrogen and oxygen atoms in total. The van der Waals surface area contributed by atoms with Gasteiger partial charge in [0.15, 0.2) is 0 Å². The highest BCUT2D eigenvalue weighted by Crippen LogP contribution is 2.40. The maximum absolute atomic E-state index is 12.8. The molecule has 0 unspecified atom stereocenters. The molecule has 1 amide bonds. The Morgan fingerprint density at radius 3 is 2.48 bits per heavy atom. The van der Waals surface area contributed by atoms with E-state index in [4.69, 9.17) is 0 Å². The van der Waals surface area contributed by atoms with Crippen LogP contribution in [-0.4, -0.2) is 16.8 Å². The van der Waals surface area contributed by atoms with Crippen LogP contribution >= 0.6 is 0 Å². The summed E-state index contributed by atoms with van der Waals surface area (Å²) in [5.41, 5.74) is 4.10. The Balaban J connectivity index is 1.78. The van der Waals surface area contributed by atoms with Gasteiger partial charge in [0.05, 0.1) is 5.56 Å². The second-order valence-electron chi connectivity index (χ2n) is 5.95. The lowest BCUT2D eigenvalue weighted by Gasteiger charge is -2.38. The van der Waals surface area contributed by atoms with Crippen molar-refractivity contribution < 1.29 is 4.79 Å². The highest BCUT2D eigenvalue weighted by Gasteiger charge is 2.41. The van der Waals surface area contributed by atoms with E-state index in [0.717, 1.165) is 29.7 Å². The van der Waals surface area contributed by atoms with Crippen molar-refractivity contribution in [3.63, 3.8) is 0 Å². The van der Waals surface area contributed by atoms with Gasteiger partial charge < -0.3 is 10.2 Å². The average molecular weight is 278 g/mol. The molecule has 2 aliphatic rings. The Labute approximate surface area is 124 Å². The van der Waals surface area contributed by atoms with Crippen LogP contribution in [0.2, 0.25) is 0 Å². The zero-order valence-corrected chi connectivity index (χ0v) is 12.0. The Morgan fingerprint density at radius 2 is 1.76 bits per heavy atom. The normalized spacial score (nSPS) is 20.9. The minimum atomic E-state index is -0.0551. The molecule has 21 heavy (non-hydrogen) atoms. The molecule has 0 bridgehead atoms. The second-order valence-corrected chi connectivity index (χ2v) is 5.95. The fourth-order valence-corrected chi connectivity index (χ4v) is 2.99. The van der Waals surface area contributed by atoms with Gasteiger partial charge in [0.25, 0.3) is 5.91 Å². The first-order valence-corrected chi connectivity index (χ1v) is 7.49. The van der Waals surface area contributed by atoms with Crippen molar-refractivity contribution >= 4 is 11.6 Å². The van der Waals surface area contributed by atoms with E-state index in [1.807, 2.05) is 29.2 Å². The Hall–Kier alpha value is -2.29. The number of carbonyl (C=O) groups is 1. The number of benzene rings is 2. The van der Waals surface area contributed by atoms with E-state index in [1.165, 1.54) is 5.56 Å². The molecule has 0 saturated heterocycles. The standard InChI is InChI=1S/C18H18N2O/c1-12-6-8-13(9-7-12)17-19-16-5-3-2-4-15(16)18(21)20(17)14-10-11-14/h2-9,14,17,19H,10-11H2,1H3/t17-/m0/s1. The predicted molar refractivity (Wildman–Crippen MR) is 83.2 cm³/mol. The van der Waals surface area contributed by atoms with Gasteiger partial charge >= 0.3 is 0 Å². The van der Waals surface area contributed by atoms with Crippen LogP contribution in [0.25, 0.3) is 0 Å². The predicted octanol–water partition coefficient (Wildman–Crippen LogP) is 3.72. The molecule has 1 aliphatic carbocycles. The molecule has 4 rings (SSSR count). The molecule has 0 aromatic heterocycles. The lowest BCUT2D eigenvalue weighted by atomic mass is 10.0. The fourth-order valence-electron chi connectivity index (χ4n) is 2.99. The lowest BCUT2D eigenvalue weighted by molar-refractivity contribution is 0.0666. The quantitative estimate of drug-likeness (QED) is 0.908. The van der Waals surface area contributed by atoms with Gasteiger partial charge in [-0.3, -0.25) is 4.79 Å². The monoisotopic (exact) mass is 278 g/mol. The zero-order valence-electron chi connectivity index (χ0n) is 12.0. The Bertz CT molecular complexity index is 689. The van der Waals surface area contributed by atoms with Gasteiger partial charge in [-0.1, -0.05) is 42.0 Å². The van der Waals surface area contributed by atoms with E-state index >= 15 is 0 Å². The topological polar surface area (TPSA) is 32.3 Å². The van der Waals surface area contributed by atoms with Gasteiger partial charge in [-0.2, -0.15) is 0 Å². The summed E-state index contributed by atoms with van der Waals surface area (Å²) in [6.45, 7) is 2.08. The van der Waals surface area contributed by atoms with E-state index in [9.17, 15) is 4.79 Å². The summed E-state index contributed by atoms with van der Waals surface area (Å²) in [6, 6.07) is 16.6. The molecule has 1 aliphatic heterocycles. The Morgan fingerprint density at radius 1 is 1.05 bits per heavy atom. The first-order chi connectivity index (χ1) is 10.2. The van der Waals surface area contributed by atoms with Crippen molar-refractivity contribution in [2.24, 2.45) is 0 Å². The maximum Gasteiger partial charge on any atom is 0.258 e. The van der Waals surface area contributed by atoms with Crippen LogP contribution in [0.5, 0.6) is 0 Å². The summed E-state index contributed by atoms with van der Waals surface area (Å²) in [6.07, 6.45) is 2.16. The van der Waals surface area contributed by atoms with Crippen LogP contribution in [0.3, 0.4) is 0 Å². The van der Waals surface area contributed by atoms with Crippen LogP contribution in [0.4, 0.5) is 5.69 Å². The third kappa shape index (κ3) is 2.09. The van der Waals surface area contributed by atoms with Gasteiger partial charge in [0.1, 0.15) is 6.17 Å². The fraction of sp³-hybridized carbons (Fsp3) is 0.278. The largest absolute Gasteiger partial charge is 0.361 e. The number of nitrogens with one attached hydrogen (secondary N) is 1. The van der Waals surface area contributed by atoms with Gasteiger partial charge in [0, 0.05) is 11.7 Å². The summed E-state index contributed by atoms with van der Waals surface area (Å²) >= 11 is 0. The van der Waals surface area contributed by atoms with E-state index < -0.39 is 0 Å². The number of carbonyl (C=O) groups excluding carboxylic acids is 1. The van der Waals surface area contributed by atoms with Crippen LogP contribution in [0, 0.1) is 6.92 Å². The van der Waals surface area contributed by atoms with Crippen LogP contribution in [0.1, 0.15) is 40.5 Å². The van der Waals surface area contributed by atoms with Gasteiger partial charge in [-0.15, -0.1) is 0 Å². The number of fused-ring (bicyclic) bond motifs is 1. The van der Waals surface area contributed by atoms with E-state index in [1.54, 1.807) is 0 Å². The molecule has 0 radical (unpaired) electrons. The lowest BCUT2D eigenvalue weighted by Crippen LogP contribution is -2.44. The van der Waals surface area contributed by atoms with Crippen molar-refractivity contribution in [3.05, 3.63) is 65.2 Å². The Kier molecular flexibility index (Phi) is 2.74. The smallest absolute Gasteiger partial charge is 0.258 e. The molecule has 0 spiro atoms. The number of amides is 1. The molecule has 1 atom stereocenters. The van der Waals surface area contributed by atoms with Crippen LogP contribution in [0.15, 0.2) is 48.5 Å². The van der Waals surface area contributed by atoms with Gasteiger partial charge in [0.2, 0.25) is 0 Å². The van der Waals surface area contributed by atoms with Crippen molar-refractivity contribution in [1.29, 1.82) is 0 Å². The first kappa shape index (κ1) is 12.5. The summed E-state index contributed by atoms with van der Waals surface area (Å²) in [5, 5.41) is 3.54. The van der Waals surface area contributed by atoms with E-state index in [2.05, 4.69) is 36.5 Å². The van der Waals surface area contributed by atoms with E-state index in [-0.39, 0.29) is 12.1 Å². The molecule has 106 valence electrons. The third-order valence-electron chi connectivity index (χ3n) is 4.30. The summed E-state index contributed by atoms with van der Waals surface area (Å²) < 4.78 is 0. The van der Waals surface area contributed by atoms with Crippen molar-refractivity contribution in [2.75, 3.05) is 5.32 Å². The first-order valence-electron chi connectivity index (χ1n) is 7.49. The van der Waals surface area contributed by atoms with Crippen LogP contribution < -0.4 is 5.32 Å². The molecule has 2 aromatic carbocycles. The second kappa shape index (κ2) is 4.62. The summed E-state index contributed by atoms with van der Waals surface area (Å²) in [4.78, 5) is 14.9.